The second-order valence-corrected chi connectivity index (χ2v) is 10.8. The summed E-state index contributed by atoms with van der Waals surface area (Å²) in [5, 5.41) is 9.02. The van der Waals surface area contributed by atoms with E-state index in [1.807, 2.05) is 12.1 Å². The SMILES string of the molecule is C=C(CO)C(=O)OCCOc1cc(OCCOC)cc(-c2ccc(-c3ccc(CCCCCC(F)(F)F)c(C)c3)c(CC)c2)c1. The molecule has 0 radical (unpaired) electrons. The molecule has 0 saturated carbocycles. The van der Waals surface area contributed by atoms with Gasteiger partial charge in [-0.3, -0.25) is 0 Å². The minimum absolute atomic E-state index is 0.00705. The highest BCUT2D eigenvalue weighted by Crippen LogP contribution is 2.34. The molecule has 0 heterocycles. The van der Waals surface area contributed by atoms with E-state index in [9.17, 15) is 18.0 Å². The molecule has 3 aromatic rings. The Hall–Kier alpha value is -3.82. The van der Waals surface area contributed by atoms with E-state index in [2.05, 4.69) is 56.8 Å². The van der Waals surface area contributed by atoms with Gasteiger partial charge in [-0.25, -0.2) is 4.79 Å². The molecule has 0 aliphatic carbocycles. The Labute approximate surface area is 263 Å². The Morgan fingerprint density at radius 1 is 0.822 bits per heavy atom. The Kier molecular flexibility index (Phi) is 14.0. The second kappa shape index (κ2) is 17.6. The molecule has 1 N–H and O–H groups in total. The van der Waals surface area contributed by atoms with Crippen LogP contribution in [-0.2, 0) is 27.1 Å². The Balaban J connectivity index is 1.77. The minimum atomic E-state index is -4.09. The number of rotatable bonds is 18. The molecule has 0 saturated heterocycles. The number of unbranched alkanes of at least 4 members (excludes halogenated alkanes) is 2. The molecule has 0 spiro atoms. The summed E-state index contributed by atoms with van der Waals surface area (Å²) in [5.74, 6) is 0.482. The highest BCUT2D eigenvalue weighted by molar-refractivity contribution is 5.87. The number of aliphatic hydroxyl groups excluding tert-OH is 1. The third-order valence-electron chi connectivity index (χ3n) is 7.38. The van der Waals surface area contributed by atoms with Gasteiger partial charge >= 0.3 is 12.1 Å². The van der Waals surface area contributed by atoms with Crippen LogP contribution in [0.25, 0.3) is 22.3 Å². The number of hydrogen-bond acceptors (Lipinski definition) is 6. The predicted octanol–water partition coefficient (Wildman–Crippen LogP) is 8.05. The minimum Gasteiger partial charge on any atom is -0.491 e. The van der Waals surface area contributed by atoms with Crippen molar-refractivity contribution < 1.29 is 42.0 Å². The smallest absolute Gasteiger partial charge is 0.389 e. The number of hydrogen-bond donors (Lipinski definition) is 1. The zero-order valence-corrected chi connectivity index (χ0v) is 26.3. The van der Waals surface area contributed by atoms with Crippen LogP contribution in [0.4, 0.5) is 13.2 Å². The first kappa shape index (κ1) is 35.7. The van der Waals surface area contributed by atoms with Crippen LogP contribution in [-0.4, -0.2) is 57.4 Å². The molecule has 3 aromatic carbocycles. The summed E-state index contributed by atoms with van der Waals surface area (Å²) in [6.07, 6.45) is -1.79. The van der Waals surface area contributed by atoms with E-state index in [1.165, 1.54) is 0 Å². The van der Waals surface area contributed by atoms with Gasteiger partial charge in [0, 0.05) is 19.6 Å². The monoisotopic (exact) mass is 628 g/mol. The number of carbonyl (C=O) groups excluding carboxylic acids is 1. The number of esters is 1. The predicted molar refractivity (Wildman–Crippen MR) is 170 cm³/mol. The van der Waals surface area contributed by atoms with Gasteiger partial charge in [0.05, 0.1) is 18.8 Å². The van der Waals surface area contributed by atoms with Crippen LogP contribution >= 0.6 is 0 Å². The van der Waals surface area contributed by atoms with E-state index in [-0.39, 0.29) is 25.2 Å². The van der Waals surface area contributed by atoms with E-state index >= 15 is 0 Å². The topological polar surface area (TPSA) is 74.2 Å². The van der Waals surface area contributed by atoms with Gasteiger partial charge in [-0.15, -0.1) is 0 Å². The summed E-state index contributed by atoms with van der Waals surface area (Å²) in [7, 11) is 1.60. The third kappa shape index (κ3) is 11.6. The van der Waals surface area contributed by atoms with Gasteiger partial charge in [0.25, 0.3) is 0 Å². The zero-order chi connectivity index (χ0) is 32.8. The van der Waals surface area contributed by atoms with Crippen LogP contribution in [0.5, 0.6) is 11.5 Å². The lowest BCUT2D eigenvalue weighted by Gasteiger charge is -2.16. The van der Waals surface area contributed by atoms with Gasteiger partial charge in [0.15, 0.2) is 0 Å². The Morgan fingerprint density at radius 3 is 2.13 bits per heavy atom. The van der Waals surface area contributed by atoms with Crippen molar-refractivity contribution in [1.29, 1.82) is 0 Å². The number of methoxy groups -OCH3 is 1. The lowest BCUT2D eigenvalue weighted by molar-refractivity contribution is -0.140. The molecule has 6 nitrogen and oxygen atoms in total. The fourth-order valence-corrected chi connectivity index (χ4v) is 4.92. The molecule has 0 aliphatic heterocycles. The van der Waals surface area contributed by atoms with Crippen molar-refractivity contribution in [2.24, 2.45) is 0 Å². The third-order valence-corrected chi connectivity index (χ3v) is 7.38. The van der Waals surface area contributed by atoms with Crippen molar-refractivity contribution >= 4 is 5.97 Å². The number of halogens is 3. The lowest BCUT2D eigenvalue weighted by Crippen LogP contribution is -2.15. The second-order valence-electron chi connectivity index (χ2n) is 10.8. The summed E-state index contributed by atoms with van der Waals surface area (Å²) in [6, 6.07) is 18.2. The molecule has 244 valence electrons. The molecule has 0 aromatic heterocycles. The maximum atomic E-state index is 12.4. The van der Waals surface area contributed by atoms with Crippen molar-refractivity contribution in [3.63, 3.8) is 0 Å². The highest BCUT2D eigenvalue weighted by atomic mass is 19.4. The summed E-state index contributed by atoms with van der Waals surface area (Å²) < 4.78 is 59.2. The standard InChI is InChI=1S/C36H43F3O6/c1-5-27-20-29(12-13-34(27)30-11-10-28(25(2)19-30)9-7-6-8-14-36(37,38)39)31-21-32(43-16-15-42-4)23-33(22-31)44-17-18-45-35(41)26(3)24-40/h10-13,19-23,40H,3,5-9,14-18,24H2,1-2,4H3. The van der Waals surface area contributed by atoms with Gasteiger partial charge in [0.2, 0.25) is 0 Å². The first-order valence-electron chi connectivity index (χ1n) is 15.2. The molecule has 9 heteroatoms. The maximum absolute atomic E-state index is 12.4. The van der Waals surface area contributed by atoms with Crippen molar-refractivity contribution in [2.45, 2.75) is 58.5 Å². The molecule has 0 bridgehead atoms. The maximum Gasteiger partial charge on any atom is 0.389 e. The van der Waals surface area contributed by atoms with Gasteiger partial charge in [-0.05, 0) is 83.7 Å². The molecule has 0 fully saturated rings. The number of carbonyl (C=O) groups is 1. The normalized spacial score (nSPS) is 11.4. The van der Waals surface area contributed by atoms with Crippen molar-refractivity contribution in [3.8, 4) is 33.8 Å². The molecule has 0 aliphatic rings. The molecule has 0 atom stereocenters. The van der Waals surface area contributed by atoms with E-state index in [0.717, 1.165) is 58.2 Å². The van der Waals surface area contributed by atoms with Crippen LogP contribution in [0.2, 0.25) is 0 Å². The van der Waals surface area contributed by atoms with Crippen LogP contribution in [0.3, 0.4) is 0 Å². The number of alkyl halides is 3. The van der Waals surface area contributed by atoms with Crippen LogP contribution in [0, 0.1) is 6.92 Å². The number of aliphatic hydroxyl groups is 1. The Morgan fingerprint density at radius 2 is 1.51 bits per heavy atom. The van der Waals surface area contributed by atoms with Crippen molar-refractivity contribution in [2.75, 3.05) is 40.1 Å². The molecule has 3 rings (SSSR count). The number of aryl methyl sites for hydroxylation is 3. The van der Waals surface area contributed by atoms with Crippen molar-refractivity contribution in [1.82, 2.24) is 0 Å². The van der Waals surface area contributed by atoms with Gasteiger partial charge < -0.3 is 24.1 Å². The summed E-state index contributed by atoms with van der Waals surface area (Å²) in [4.78, 5) is 11.7. The molecule has 0 amide bonds. The van der Waals surface area contributed by atoms with E-state index < -0.39 is 25.2 Å². The molecular weight excluding hydrogens is 585 g/mol. The highest BCUT2D eigenvalue weighted by Gasteiger charge is 2.25. The van der Waals surface area contributed by atoms with E-state index in [0.29, 0.717) is 31.1 Å². The molecule has 45 heavy (non-hydrogen) atoms. The van der Waals surface area contributed by atoms with Gasteiger partial charge in [-0.1, -0.05) is 56.3 Å². The lowest BCUT2D eigenvalue weighted by atomic mass is 9.91. The number of benzene rings is 3. The summed E-state index contributed by atoms with van der Waals surface area (Å²) in [5.41, 5.74) is 7.52. The summed E-state index contributed by atoms with van der Waals surface area (Å²) >= 11 is 0. The van der Waals surface area contributed by atoms with Gasteiger partial charge in [0.1, 0.15) is 31.3 Å². The first-order valence-corrected chi connectivity index (χ1v) is 15.2. The summed E-state index contributed by atoms with van der Waals surface area (Å²) in [6.45, 7) is 8.03. The number of ether oxygens (including phenoxy) is 4. The zero-order valence-electron chi connectivity index (χ0n) is 26.3. The van der Waals surface area contributed by atoms with Crippen LogP contribution < -0.4 is 9.47 Å². The largest absolute Gasteiger partial charge is 0.491 e. The van der Waals surface area contributed by atoms with Crippen LogP contribution in [0.15, 0.2) is 66.7 Å². The van der Waals surface area contributed by atoms with Crippen molar-refractivity contribution in [3.05, 3.63) is 83.4 Å². The fraction of sp³-hybridized carbons (Fsp3) is 0.417. The average Bonchev–Trinajstić information content (AvgIpc) is 3.02. The fourth-order valence-electron chi connectivity index (χ4n) is 4.92. The quantitative estimate of drug-likeness (QED) is 0.0873. The van der Waals surface area contributed by atoms with Gasteiger partial charge in [-0.2, -0.15) is 13.2 Å². The molecule has 0 unspecified atom stereocenters. The first-order chi connectivity index (χ1) is 21.5. The van der Waals surface area contributed by atoms with E-state index in [1.54, 1.807) is 13.2 Å². The molecular formula is C36H43F3O6. The van der Waals surface area contributed by atoms with Crippen LogP contribution in [0.1, 0.15) is 49.3 Å². The Bertz CT molecular complexity index is 1420. The van der Waals surface area contributed by atoms with E-state index in [4.69, 9.17) is 24.1 Å². The average molecular weight is 629 g/mol.